The van der Waals surface area contributed by atoms with E-state index in [2.05, 4.69) is 0 Å². The molecule has 0 aromatic heterocycles. The van der Waals surface area contributed by atoms with Crippen LogP contribution in [0.2, 0.25) is 0 Å². The van der Waals surface area contributed by atoms with Gasteiger partial charge in [0.2, 0.25) is 0 Å². The van der Waals surface area contributed by atoms with Gasteiger partial charge in [0.1, 0.15) is 18.2 Å². The van der Waals surface area contributed by atoms with Crippen LogP contribution in [0.3, 0.4) is 0 Å². The van der Waals surface area contributed by atoms with Gasteiger partial charge in [0.25, 0.3) is 0 Å². The van der Waals surface area contributed by atoms with Crippen molar-refractivity contribution < 1.29 is 13.9 Å². The van der Waals surface area contributed by atoms with Gasteiger partial charge < -0.3 is 15.2 Å². The van der Waals surface area contributed by atoms with Gasteiger partial charge in [-0.1, -0.05) is 0 Å². The average Bonchev–Trinajstić information content (AvgIpc) is 3.06. The fraction of sp³-hybridized carbons (Fsp3) is 0.538. The Kier molecular flexibility index (Phi) is 3.24. The largest absolute Gasteiger partial charge is 0.496 e. The number of methoxy groups -OCH3 is 2. The van der Waals surface area contributed by atoms with Crippen LogP contribution in [0.15, 0.2) is 12.1 Å². The lowest BCUT2D eigenvalue weighted by molar-refractivity contribution is 0.377. The first-order valence-corrected chi connectivity index (χ1v) is 5.70. The minimum Gasteiger partial charge on any atom is -0.496 e. The SMILES string of the molecule is COc1cc(OC)c(CC2(N)CC2)cc1CF. The standard InChI is InChI=1S/C13H18FNO2/c1-16-11-6-12(17-2)10(8-14)5-9(11)7-13(15)3-4-13/h5-6H,3-4,7-8,15H2,1-2H3. The highest BCUT2D eigenvalue weighted by Crippen LogP contribution is 2.39. The molecule has 3 nitrogen and oxygen atoms in total. The van der Waals surface area contributed by atoms with E-state index in [4.69, 9.17) is 15.2 Å². The molecule has 1 aliphatic carbocycles. The van der Waals surface area contributed by atoms with E-state index in [0.717, 1.165) is 30.6 Å². The maximum atomic E-state index is 12.9. The molecule has 94 valence electrons. The molecule has 0 heterocycles. The van der Waals surface area contributed by atoms with Crippen LogP contribution in [0.4, 0.5) is 4.39 Å². The monoisotopic (exact) mass is 239 g/mol. The van der Waals surface area contributed by atoms with Gasteiger partial charge in [0.05, 0.1) is 14.2 Å². The molecule has 1 aliphatic rings. The molecular formula is C13H18FNO2. The van der Waals surface area contributed by atoms with Crippen molar-refractivity contribution in [2.45, 2.75) is 31.5 Å². The highest BCUT2D eigenvalue weighted by atomic mass is 19.1. The summed E-state index contributed by atoms with van der Waals surface area (Å²) in [7, 11) is 3.13. The van der Waals surface area contributed by atoms with Gasteiger partial charge in [-0.2, -0.15) is 0 Å². The molecule has 1 aromatic carbocycles. The molecule has 17 heavy (non-hydrogen) atoms. The van der Waals surface area contributed by atoms with E-state index in [1.54, 1.807) is 19.2 Å². The van der Waals surface area contributed by atoms with Gasteiger partial charge in [-0.25, -0.2) is 4.39 Å². The number of benzene rings is 1. The highest BCUT2D eigenvalue weighted by Gasteiger charge is 2.38. The fourth-order valence-corrected chi connectivity index (χ4v) is 2.00. The minimum absolute atomic E-state index is 0.116. The predicted octanol–water partition coefficient (Wildman–Crippen LogP) is 2.21. The van der Waals surface area contributed by atoms with Crippen molar-refractivity contribution in [3.05, 3.63) is 23.3 Å². The summed E-state index contributed by atoms with van der Waals surface area (Å²) >= 11 is 0. The second-order valence-corrected chi connectivity index (χ2v) is 4.65. The van der Waals surface area contributed by atoms with Crippen molar-refractivity contribution in [3.8, 4) is 11.5 Å². The summed E-state index contributed by atoms with van der Waals surface area (Å²) in [4.78, 5) is 0. The number of hydrogen-bond acceptors (Lipinski definition) is 3. The van der Waals surface area contributed by atoms with Crippen LogP contribution in [0.5, 0.6) is 11.5 Å². The molecule has 1 aromatic rings. The Bertz CT molecular complexity index is 416. The van der Waals surface area contributed by atoms with Gasteiger partial charge >= 0.3 is 0 Å². The molecule has 1 fully saturated rings. The topological polar surface area (TPSA) is 44.5 Å². The first-order chi connectivity index (χ1) is 8.11. The Labute approximate surface area is 101 Å². The summed E-state index contributed by atoms with van der Waals surface area (Å²) < 4.78 is 23.3. The maximum absolute atomic E-state index is 12.9. The van der Waals surface area contributed by atoms with Crippen molar-refractivity contribution in [2.75, 3.05) is 14.2 Å². The number of ether oxygens (including phenoxy) is 2. The Balaban J connectivity index is 2.35. The van der Waals surface area contributed by atoms with Crippen LogP contribution in [-0.2, 0) is 13.1 Å². The summed E-state index contributed by atoms with van der Waals surface area (Å²) in [6.07, 6.45) is 2.77. The number of halogens is 1. The van der Waals surface area contributed by atoms with Crippen molar-refractivity contribution in [1.82, 2.24) is 0 Å². The summed E-state index contributed by atoms with van der Waals surface area (Å²) in [5.74, 6) is 1.24. The Morgan fingerprint density at radius 2 is 1.76 bits per heavy atom. The fourth-order valence-electron chi connectivity index (χ4n) is 2.00. The molecule has 0 bridgehead atoms. The lowest BCUT2D eigenvalue weighted by Crippen LogP contribution is -2.24. The molecule has 0 saturated heterocycles. The molecule has 2 N–H and O–H groups in total. The van der Waals surface area contributed by atoms with Gasteiger partial charge in [0.15, 0.2) is 0 Å². The Morgan fingerprint density at radius 3 is 2.24 bits per heavy atom. The number of hydrogen-bond donors (Lipinski definition) is 1. The molecule has 0 radical (unpaired) electrons. The van der Waals surface area contributed by atoms with Crippen molar-refractivity contribution >= 4 is 0 Å². The summed E-state index contributed by atoms with van der Waals surface area (Å²) in [6.45, 7) is -0.544. The Hall–Kier alpha value is -1.29. The van der Waals surface area contributed by atoms with E-state index in [0.29, 0.717) is 11.3 Å². The summed E-state index contributed by atoms with van der Waals surface area (Å²) in [6, 6.07) is 3.53. The maximum Gasteiger partial charge on any atom is 0.128 e. The van der Waals surface area contributed by atoms with E-state index >= 15 is 0 Å². The van der Waals surface area contributed by atoms with Crippen molar-refractivity contribution in [2.24, 2.45) is 5.73 Å². The van der Waals surface area contributed by atoms with Gasteiger partial charge in [0, 0.05) is 17.2 Å². The van der Waals surface area contributed by atoms with Crippen LogP contribution in [0.1, 0.15) is 24.0 Å². The third-order valence-electron chi connectivity index (χ3n) is 3.26. The smallest absolute Gasteiger partial charge is 0.128 e. The van der Waals surface area contributed by atoms with Gasteiger partial charge in [-0.15, -0.1) is 0 Å². The second-order valence-electron chi connectivity index (χ2n) is 4.65. The van der Waals surface area contributed by atoms with Gasteiger partial charge in [-0.3, -0.25) is 0 Å². The van der Waals surface area contributed by atoms with Crippen LogP contribution >= 0.6 is 0 Å². The van der Waals surface area contributed by atoms with Crippen molar-refractivity contribution in [1.29, 1.82) is 0 Å². The number of alkyl halides is 1. The molecule has 0 aliphatic heterocycles. The number of nitrogens with two attached hydrogens (primary N) is 1. The molecule has 2 rings (SSSR count). The highest BCUT2D eigenvalue weighted by molar-refractivity contribution is 5.47. The van der Waals surface area contributed by atoms with E-state index in [1.807, 2.05) is 0 Å². The lowest BCUT2D eigenvalue weighted by atomic mass is 10.0. The van der Waals surface area contributed by atoms with Gasteiger partial charge in [-0.05, 0) is 30.9 Å². The molecular weight excluding hydrogens is 221 g/mol. The first-order valence-electron chi connectivity index (χ1n) is 5.70. The van der Waals surface area contributed by atoms with Crippen LogP contribution in [0.25, 0.3) is 0 Å². The third-order valence-corrected chi connectivity index (χ3v) is 3.26. The zero-order valence-corrected chi connectivity index (χ0v) is 10.3. The van der Waals surface area contributed by atoms with Crippen LogP contribution < -0.4 is 15.2 Å². The van der Waals surface area contributed by atoms with Crippen LogP contribution in [-0.4, -0.2) is 19.8 Å². The van der Waals surface area contributed by atoms with E-state index < -0.39 is 6.67 Å². The molecule has 0 unspecified atom stereocenters. The van der Waals surface area contributed by atoms with Crippen LogP contribution in [0, 0.1) is 0 Å². The number of rotatable bonds is 5. The lowest BCUT2D eigenvalue weighted by Gasteiger charge is -2.16. The van der Waals surface area contributed by atoms with E-state index in [9.17, 15) is 4.39 Å². The molecule has 4 heteroatoms. The predicted molar refractivity (Wildman–Crippen MR) is 64.2 cm³/mol. The van der Waals surface area contributed by atoms with Crippen molar-refractivity contribution in [3.63, 3.8) is 0 Å². The molecule has 0 amide bonds. The summed E-state index contributed by atoms with van der Waals surface area (Å²) in [5, 5.41) is 0. The average molecular weight is 239 g/mol. The first kappa shape index (κ1) is 12.2. The zero-order valence-electron chi connectivity index (χ0n) is 10.3. The minimum atomic E-state index is -0.544. The quantitative estimate of drug-likeness (QED) is 0.856. The Morgan fingerprint density at radius 1 is 1.18 bits per heavy atom. The molecule has 0 spiro atoms. The third kappa shape index (κ3) is 2.52. The van der Waals surface area contributed by atoms with E-state index in [1.165, 1.54) is 7.11 Å². The normalized spacial score (nSPS) is 16.7. The summed E-state index contributed by atoms with van der Waals surface area (Å²) in [5.41, 5.74) is 7.48. The second kappa shape index (κ2) is 4.53. The molecule has 0 atom stereocenters. The zero-order chi connectivity index (χ0) is 12.5. The molecule has 1 saturated carbocycles. The van der Waals surface area contributed by atoms with E-state index in [-0.39, 0.29) is 5.54 Å².